The summed E-state index contributed by atoms with van der Waals surface area (Å²) in [6.07, 6.45) is 2.51. The van der Waals surface area contributed by atoms with Gasteiger partial charge in [-0.3, -0.25) is 0 Å². The summed E-state index contributed by atoms with van der Waals surface area (Å²) in [5.41, 5.74) is 2.20. The highest BCUT2D eigenvalue weighted by Crippen LogP contribution is 2.33. The maximum atomic E-state index is 9.15. The standard InChI is InChI=1S/C14H21BrN2O/c1-16(2)9-12-4-3-7-17(12)14-6-5-11(10-18)8-13(14)15/h5-6,8,12,18H,3-4,7,9-10H2,1-2H3. The van der Waals surface area contributed by atoms with E-state index in [0.717, 1.165) is 23.1 Å². The molecule has 0 saturated carbocycles. The number of hydrogen-bond acceptors (Lipinski definition) is 3. The number of benzene rings is 1. The lowest BCUT2D eigenvalue weighted by molar-refractivity contribution is 0.282. The molecule has 1 unspecified atom stereocenters. The number of aliphatic hydroxyl groups is 1. The molecule has 0 aromatic heterocycles. The van der Waals surface area contributed by atoms with Crippen molar-refractivity contribution in [2.24, 2.45) is 0 Å². The van der Waals surface area contributed by atoms with Crippen molar-refractivity contribution < 1.29 is 5.11 Å². The topological polar surface area (TPSA) is 26.7 Å². The maximum absolute atomic E-state index is 9.15. The molecule has 1 heterocycles. The molecule has 0 spiro atoms. The molecule has 0 aliphatic carbocycles. The number of likely N-dealkylation sites (N-methyl/N-ethyl adjacent to an activating group) is 1. The number of aliphatic hydroxyl groups excluding tert-OH is 1. The minimum Gasteiger partial charge on any atom is -0.392 e. The van der Waals surface area contributed by atoms with Gasteiger partial charge in [0.25, 0.3) is 0 Å². The fraction of sp³-hybridized carbons (Fsp3) is 0.571. The first-order valence-electron chi connectivity index (χ1n) is 6.42. The minimum atomic E-state index is 0.0972. The van der Waals surface area contributed by atoms with Crippen LogP contribution in [0.1, 0.15) is 18.4 Å². The van der Waals surface area contributed by atoms with Gasteiger partial charge in [0.15, 0.2) is 0 Å². The molecule has 2 rings (SSSR count). The van der Waals surface area contributed by atoms with Gasteiger partial charge >= 0.3 is 0 Å². The lowest BCUT2D eigenvalue weighted by Gasteiger charge is -2.30. The van der Waals surface area contributed by atoms with E-state index in [1.54, 1.807) is 0 Å². The van der Waals surface area contributed by atoms with Crippen molar-refractivity contribution in [2.75, 3.05) is 32.1 Å². The molecule has 1 fully saturated rings. The van der Waals surface area contributed by atoms with E-state index in [4.69, 9.17) is 5.11 Å². The zero-order chi connectivity index (χ0) is 13.1. The minimum absolute atomic E-state index is 0.0972. The van der Waals surface area contributed by atoms with E-state index >= 15 is 0 Å². The van der Waals surface area contributed by atoms with Crippen LogP contribution in [-0.4, -0.2) is 43.2 Å². The molecule has 1 saturated heterocycles. The van der Waals surface area contributed by atoms with Gasteiger partial charge in [0, 0.05) is 23.6 Å². The second-order valence-corrected chi connectivity index (χ2v) is 6.05. The maximum Gasteiger partial charge on any atom is 0.0682 e. The zero-order valence-electron chi connectivity index (χ0n) is 11.1. The van der Waals surface area contributed by atoms with Crippen LogP contribution in [0.4, 0.5) is 5.69 Å². The van der Waals surface area contributed by atoms with Gasteiger partial charge < -0.3 is 14.9 Å². The third-order valence-corrected chi connectivity index (χ3v) is 4.09. The molecule has 0 amide bonds. The molecule has 100 valence electrons. The van der Waals surface area contributed by atoms with Crippen LogP contribution in [0.2, 0.25) is 0 Å². The van der Waals surface area contributed by atoms with Crippen LogP contribution in [0.5, 0.6) is 0 Å². The van der Waals surface area contributed by atoms with Crippen LogP contribution in [0, 0.1) is 0 Å². The summed E-state index contributed by atoms with van der Waals surface area (Å²) >= 11 is 3.63. The monoisotopic (exact) mass is 312 g/mol. The fourth-order valence-electron chi connectivity index (χ4n) is 2.65. The Morgan fingerprint density at radius 3 is 2.83 bits per heavy atom. The Bertz CT molecular complexity index is 409. The van der Waals surface area contributed by atoms with Crippen LogP contribution in [-0.2, 0) is 6.61 Å². The van der Waals surface area contributed by atoms with Crippen molar-refractivity contribution in [2.45, 2.75) is 25.5 Å². The van der Waals surface area contributed by atoms with E-state index in [1.165, 1.54) is 18.5 Å². The second kappa shape index (κ2) is 6.04. The smallest absolute Gasteiger partial charge is 0.0682 e. The molecule has 4 heteroatoms. The predicted octanol–water partition coefficient (Wildman–Crippen LogP) is 2.47. The van der Waals surface area contributed by atoms with Crippen molar-refractivity contribution in [3.05, 3.63) is 28.2 Å². The Kier molecular flexibility index (Phi) is 4.65. The Hall–Kier alpha value is -0.580. The van der Waals surface area contributed by atoms with Gasteiger partial charge in [-0.05, 0) is 60.6 Å². The Morgan fingerprint density at radius 1 is 1.44 bits per heavy atom. The van der Waals surface area contributed by atoms with E-state index in [0.29, 0.717) is 6.04 Å². The van der Waals surface area contributed by atoms with E-state index in [-0.39, 0.29) is 6.61 Å². The lowest BCUT2D eigenvalue weighted by atomic mass is 10.1. The number of anilines is 1. The summed E-state index contributed by atoms with van der Waals surface area (Å²) in [6.45, 7) is 2.31. The molecule has 1 atom stereocenters. The Morgan fingerprint density at radius 2 is 2.22 bits per heavy atom. The SMILES string of the molecule is CN(C)CC1CCCN1c1ccc(CO)cc1Br. The van der Waals surface area contributed by atoms with Crippen molar-refractivity contribution >= 4 is 21.6 Å². The molecular formula is C14H21BrN2O. The first kappa shape index (κ1) is 13.8. The van der Waals surface area contributed by atoms with Gasteiger partial charge in [0.2, 0.25) is 0 Å². The summed E-state index contributed by atoms with van der Waals surface area (Å²) < 4.78 is 1.08. The van der Waals surface area contributed by atoms with Gasteiger partial charge in [0.1, 0.15) is 0 Å². The summed E-state index contributed by atoms with van der Waals surface area (Å²) in [4.78, 5) is 4.73. The van der Waals surface area contributed by atoms with Gasteiger partial charge in [0.05, 0.1) is 12.3 Å². The molecule has 1 aromatic carbocycles. The van der Waals surface area contributed by atoms with Crippen LogP contribution in [0.25, 0.3) is 0 Å². The number of rotatable bonds is 4. The van der Waals surface area contributed by atoms with Crippen molar-refractivity contribution in [1.82, 2.24) is 4.90 Å². The van der Waals surface area contributed by atoms with E-state index in [2.05, 4.69) is 45.9 Å². The van der Waals surface area contributed by atoms with Crippen molar-refractivity contribution in [3.8, 4) is 0 Å². The average molecular weight is 313 g/mol. The summed E-state index contributed by atoms with van der Waals surface area (Å²) in [5, 5.41) is 9.15. The summed E-state index contributed by atoms with van der Waals surface area (Å²) in [6, 6.07) is 6.73. The third kappa shape index (κ3) is 3.05. The molecule has 1 aliphatic rings. The van der Waals surface area contributed by atoms with Crippen LogP contribution in [0.15, 0.2) is 22.7 Å². The molecular weight excluding hydrogens is 292 g/mol. The summed E-state index contributed by atoms with van der Waals surface area (Å²) in [5.74, 6) is 0. The Balaban J connectivity index is 2.19. The number of hydrogen-bond donors (Lipinski definition) is 1. The van der Waals surface area contributed by atoms with Gasteiger partial charge in [-0.1, -0.05) is 6.07 Å². The van der Waals surface area contributed by atoms with Crippen LogP contribution < -0.4 is 4.90 Å². The van der Waals surface area contributed by atoms with Crippen LogP contribution >= 0.6 is 15.9 Å². The molecule has 0 radical (unpaired) electrons. The van der Waals surface area contributed by atoms with Crippen molar-refractivity contribution in [1.29, 1.82) is 0 Å². The zero-order valence-corrected chi connectivity index (χ0v) is 12.7. The largest absolute Gasteiger partial charge is 0.392 e. The van der Waals surface area contributed by atoms with E-state index in [9.17, 15) is 0 Å². The summed E-state index contributed by atoms with van der Waals surface area (Å²) in [7, 11) is 4.25. The lowest BCUT2D eigenvalue weighted by Crippen LogP contribution is -2.37. The van der Waals surface area contributed by atoms with Gasteiger partial charge in [-0.25, -0.2) is 0 Å². The third-order valence-electron chi connectivity index (χ3n) is 3.46. The predicted molar refractivity (Wildman–Crippen MR) is 79.0 cm³/mol. The highest BCUT2D eigenvalue weighted by Gasteiger charge is 2.26. The van der Waals surface area contributed by atoms with Gasteiger partial charge in [-0.15, -0.1) is 0 Å². The molecule has 1 aromatic rings. The average Bonchev–Trinajstić information content (AvgIpc) is 2.76. The molecule has 0 bridgehead atoms. The normalized spacial score (nSPS) is 19.8. The second-order valence-electron chi connectivity index (χ2n) is 5.20. The van der Waals surface area contributed by atoms with Gasteiger partial charge in [-0.2, -0.15) is 0 Å². The molecule has 18 heavy (non-hydrogen) atoms. The highest BCUT2D eigenvalue weighted by atomic mass is 79.9. The van der Waals surface area contributed by atoms with Crippen molar-refractivity contribution in [3.63, 3.8) is 0 Å². The number of nitrogens with zero attached hydrogens (tertiary/aromatic N) is 2. The number of halogens is 1. The quantitative estimate of drug-likeness (QED) is 0.925. The fourth-order valence-corrected chi connectivity index (χ4v) is 3.30. The molecule has 1 aliphatic heterocycles. The van der Waals surface area contributed by atoms with E-state index in [1.807, 2.05) is 12.1 Å². The molecule has 1 N–H and O–H groups in total. The molecule has 3 nitrogen and oxygen atoms in total. The first-order valence-corrected chi connectivity index (χ1v) is 7.21. The Labute approximate surface area is 118 Å². The first-order chi connectivity index (χ1) is 8.61. The van der Waals surface area contributed by atoms with E-state index < -0.39 is 0 Å². The van der Waals surface area contributed by atoms with Crippen LogP contribution in [0.3, 0.4) is 0 Å². The highest BCUT2D eigenvalue weighted by molar-refractivity contribution is 9.10.